The Morgan fingerprint density at radius 3 is 1.23 bits per heavy atom. The molecule has 0 bridgehead atoms. The topological polar surface area (TPSA) is 260 Å². The first-order chi connectivity index (χ1) is 12.1. The molecule has 26 heavy (non-hydrogen) atoms. The summed E-state index contributed by atoms with van der Waals surface area (Å²) in [5.41, 5.74) is 9.02. The fourth-order valence-electron chi connectivity index (χ4n) is 2.07. The maximum atomic E-state index is 11.0. The highest BCUT2D eigenvalue weighted by Crippen LogP contribution is 2.32. The van der Waals surface area contributed by atoms with Crippen LogP contribution in [0.3, 0.4) is 0 Å². The molecule has 0 saturated heterocycles. The maximum Gasteiger partial charge on any atom is 0.443 e. The van der Waals surface area contributed by atoms with Gasteiger partial charge < -0.3 is 51.9 Å². The summed E-state index contributed by atoms with van der Waals surface area (Å²) in [4.78, 5) is 39.5. The standard InChI is InChI=1S/C8H8N10O8/c9-3-5(15(19)20)11-13(7(3)17(23)24)1-2-14-8(18(25)26)4(10)6(12-14)16(21)22/h1-2,9-10H2. The lowest BCUT2D eigenvalue weighted by atomic mass is 10.4. The average Bonchev–Trinajstić information content (AvgIpc) is 3.02. The minimum Gasteiger partial charge on any atom is -0.385 e. The fraction of sp³-hybridized carbons (Fsp3) is 0.250. The normalized spacial score (nSPS) is 10.6. The average molecular weight is 372 g/mol. The van der Waals surface area contributed by atoms with Crippen LogP contribution in [-0.2, 0) is 13.1 Å². The van der Waals surface area contributed by atoms with Gasteiger partial charge in [0.1, 0.15) is 0 Å². The second kappa shape index (κ2) is 6.26. The molecule has 4 N–H and O–H groups in total. The number of aromatic nitrogens is 4. The molecule has 0 unspecified atom stereocenters. The minimum atomic E-state index is -1.04. The quantitative estimate of drug-likeness (QED) is 0.463. The Bertz CT molecular complexity index is 867. The van der Waals surface area contributed by atoms with E-state index in [9.17, 15) is 40.5 Å². The van der Waals surface area contributed by atoms with Crippen molar-refractivity contribution in [2.24, 2.45) is 0 Å². The smallest absolute Gasteiger partial charge is 0.385 e. The fourth-order valence-corrected chi connectivity index (χ4v) is 2.07. The van der Waals surface area contributed by atoms with E-state index in [4.69, 9.17) is 11.5 Å². The van der Waals surface area contributed by atoms with Gasteiger partial charge >= 0.3 is 23.3 Å². The lowest BCUT2D eigenvalue weighted by Crippen LogP contribution is -2.14. The lowest BCUT2D eigenvalue weighted by molar-refractivity contribution is -0.394. The number of hydrogen-bond donors (Lipinski definition) is 2. The third-order valence-corrected chi connectivity index (χ3v) is 3.10. The van der Waals surface area contributed by atoms with Crippen LogP contribution in [0.4, 0.5) is 34.6 Å². The first kappa shape index (κ1) is 18.0. The molecule has 138 valence electrons. The van der Waals surface area contributed by atoms with Crippen molar-refractivity contribution in [1.29, 1.82) is 0 Å². The van der Waals surface area contributed by atoms with Crippen molar-refractivity contribution < 1.29 is 19.7 Å². The Hall–Kier alpha value is -4.38. The van der Waals surface area contributed by atoms with Crippen molar-refractivity contribution in [3.8, 4) is 0 Å². The van der Waals surface area contributed by atoms with Crippen LogP contribution in [0, 0.1) is 40.5 Å². The van der Waals surface area contributed by atoms with Gasteiger partial charge in [-0.15, -0.1) is 0 Å². The summed E-state index contributed by atoms with van der Waals surface area (Å²) in [5, 5.41) is 50.3. The highest BCUT2D eigenvalue weighted by atomic mass is 16.6. The van der Waals surface area contributed by atoms with Crippen molar-refractivity contribution in [2.45, 2.75) is 13.1 Å². The van der Waals surface area contributed by atoms with Gasteiger partial charge in [0, 0.05) is 0 Å². The molecule has 0 amide bonds. The second-order valence-electron chi connectivity index (χ2n) is 4.60. The second-order valence-corrected chi connectivity index (χ2v) is 4.60. The Labute approximate surface area is 140 Å². The highest BCUT2D eigenvalue weighted by Gasteiger charge is 2.38. The number of nitro groups is 4. The van der Waals surface area contributed by atoms with E-state index in [-0.39, 0.29) is 0 Å². The number of nitrogens with zero attached hydrogens (tertiary/aromatic N) is 8. The number of rotatable bonds is 7. The van der Waals surface area contributed by atoms with E-state index in [1.807, 2.05) is 0 Å². The van der Waals surface area contributed by atoms with E-state index in [2.05, 4.69) is 10.2 Å². The summed E-state index contributed by atoms with van der Waals surface area (Å²) in [6.07, 6.45) is 0. The molecule has 18 nitrogen and oxygen atoms in total. The Kier molecular flexibility index (Phi) is 4.32. The molecule has 0 fully saturated rings. The van der Waals surface area contributed by atoms with Crippen molar-refractivity contribution >= 4 is 34.6 Å². The predicted octanol–water partition coefficient (Wildman–Crippen LogP) is -0.423. The van der Waals surface area contributed by atoms with E-state index >= 15 is 0 Å². The zero-order valence-corrected chi connectivity index (χ0v) is 12.4. The zero-order chi connectivity index (χ0) is 19.8. The van der Waals surface area contributed by atoms with Gasteiger partial charge in [0.25, 0.3) is 0 Å². The van der Waals surface area contributed by atoms with Crippen LogP contribution in [0.2, 0.25) is 0 Å². The van der Waals surface area contributed by atoms with E-state index < -0.39 is 67.4 Å². The molecule has 0 aliphatic carbocycles. The molecular weight excluding hydrogens is 364 g/mol. The number of nitrogens with two attached hydrogens (primary N) is 2. The van der Waals surface area contributed by atoms with Crippen LogP contribution >= 0.6 is 0 Å². The van der Waals surface area contributed by atoms with Gasteiger partial charge in [-0.2, -0.15) is 0 Å². The van der Waals surface area contributed by atoms with Crippen molar-refractivity contribution in [2.75, 3.05) is 11.5 Å². The van der Waals surface area contributed by atoms with Gasteiger partial charge in [0.05, 0.1) is 0 Å². The number of nitrogen functional groups attached to an aromatic ring is 2. The monoisotopic (exact) mass is 372 g/mol. The molecule has 2 aromatic heterocycles. The van der Waals surface area contributed by atoms with Gasteiger partial charge in [0.2, 0.25) is 11.4 Å². The van der Waals surface area contributed by atoms with Gasteiger partial charge in [-0.05, 0) is 29.1 Å². The number of aryl methyl sites for hydroxylation is 2. The Balaban J connectivity index is 2.44. The highest BCUT2D eigenvalue weighted by molar-refractivity contribution is 5.66. The lowest BCUT2D eigenvalue weighted by Gasteiger charge is -1.96. The first-order valence-electron chi connectivity index (χ1n) is 6.36. The Morgan fingerprint density at radius 1 is 0.692 bits per heavy atom. The molecular formula is C8H8N10O8. The predicted molar refractivity (Wildman–Crippen MR) is 79.9 cm³/mol. The van der Waals surface area contributed by atoms with Crippen molar-refractivity contribution in [3.63, 3.8) is 0 Å². The molecule has 18 heteroatoms. The summed E-state index contributed by atoms with van der Waals surface area (Å²) in [6.45, 7) is -1.07. The molecule has 0 radical (unpaired) electrons. The number of hydrogen-bond acceptors (Lipinski definition) is 12. The van der Waals surface area contributed by atoms with Crippen molar-refractivity contribution in [3.05, 3.63) is 40.5 Å². The van der Waals surface area contributed by atoms with Crippen LogP contribution in [-0.4, -0.2) is 39.3 Å². The molecule has 2 heterocycles. The summed E-state index contributed by atoms with van der Waals surface area (Å²) in [5.74, 6) is -3.77. The summed E-state index contributed by atoms with van der Waals surface area (Å²) in [7, 11) is 0. The molecule has 0 spiro atoms. The van der Waals surface area contributed by atoms with E-state index in [0.29, 0.717) is 9.36 Å². The zero-order valence-electron chi connectivity index (χ0n) is 12.4. The molecule has 0 atom stereocenters. The minimum absolute atomic E-state index is 0.529. The van der Waals surface area contributed by atoms with Gasteiger partial charge in [0.15, 0.2) is 23.3 Å². The van der Waals surface area contributed by atoms with Crippen LogP contribution < -0.4 is 11.5 Å². The third-order valence-electron chi connectivity index (χ3n) is 3.10. The van der Waals surface area contributed by atoms with Gasteiger partial charge in [-0.1, -0.05) is 0 Å². The van der Waals surface area contributed by atoms with E-state index in [0.717, 1.165) is 0 Å². The first-order valence-corrected chi connectivity index (χ1v) is 6.36. The van der Waals surface area contributed by atoms with Crippen LogP contribution in [0.15, 0.2) is 0 Å². The van der Waals surface area contributed by atoms with Crippen LogP contribution in [0.25, 0.3) is 0 Å². The van der Waals surface area contributed by atoms with Crippen LogP contribution in [0.1, 0.15) is 0 Å². The van der Waals surface area contributed by atoms with Gasteiger partial charge in [-0.25, -0.2) is 0 Å². The third kappa shape index (κ3) is 2.88. The molecule has 0 aromatic carbocycles. The molecule has 0 aliphatic heterocycles. The van der Waals surface area contributed by atoms with E-state index in [1.54, 1.807) is 0 Å². The van der Waals surface area contributed by atoms with Gasteiger partial charge in [-0.3, -0.25) is 0 Å². The maximum absolute atomic E-state index is 11.0. The molecule has 0 saturated carbocycles. The molecule has 2 aromatic rings. The number of anilines is 2. The SMILES string of the molecule is Nc1c([N+](=O)[O-])nn(CCn2nc([N+](=O)[O-])c(N)c2[N+](=O)[O-])c1[N+](=O)[O-]. The summed E-state index contributed by atoms with van der Waals surface area (Å²) < 4.78 is 1.06. The molecule has 2 rings (SSSR count). The summed E-state index contributed by atoms with van der Waals surface area (Å²) >= 11 is 0. The largest absolute Gasteiger partial charge is 0.443 e. The van der Waals surface area contributed by atoms with E-state index in [1.165, 1.54) is 0 Å². The molecule has 0 aliphatic rings. The van der Waals surface area contributed by atoms with Crippen molar-refractivity contribution in [1.82, 2.24) is 19.6 Å². The summed E-state index contributed by atoms with van der Waals surface area (Å²) in [6, 6.07) is 0. The van der Waals surface area contributed by atoms with Crippen LogP contribution in [0.5, 0.6) is 0 Å². The Morgan fingerprint density at radius 2 is 1.00 bits per heavy atom.